The van der Waals surface area contributed by atoms with Gasteiger partial charge in [0.25, 0.3) is 0 Å². The lowest BCUT2D eigenvalue weighted by Gasteiger charge is -2.30. The first-order valence-electron chi connectivity index (χ1n) is 16.9. The van der Waals surface area contributed by atoms with Crippen molar-refractivity contribution in [2.75, 3.05) is 4.90 Å². The molecule has 0 N–H and O–H groups in total. The van der Waals surface area contributed by atoms with Gasteiger partial charge in [-0.25, -0.2) is 4.98 Å². The number of fused-ring (bicyclic) bond motifs is 3. The number of oxazole rings is 1. The standard InChI is InChI=1S/C47H32N2O/c1-5-15-33(16-6-1)38-26-29-44(41(31-38)35-19-9-3-10-20-35)49(43-24-14-13-23-40(43)34-17-7-2-8-18-34)39-28-25-36-27-30-45-46(42(36)32-39)48-47(50-45)37-21-11-4-12-22-37/h1-32H. The molecular weight excluding hydrogens is 609 g/mol. The highest BCUT2D eigenvalue weighted by molar-refractivity contribution is 6.07. The predicted octanol–water partition coefficient (Wildman–Crippen LogP) is 13.1. The molecular formula is C47H32N2O. The van der Waals surface area contributed by atoms with Gasteiger partial charge in [0.1, 0.15) is 5.52 Å². The van der Waals surface area contributed by atoms with Crippen LogP contribution in [0.25, 0.3) is 66.7 Å². The van der Waals surface area contributed by atoms with Crippen LogP contribution in [-0.2, 0) is 0 Å². The number of hydrogen-bond acceptors (Lipinski definition) is 3. The lowest BCUT2D eigenvalue weighted by atomic mass is 9.95. The van der Waals surface area contributed by atoms with Gasteiger partial charge in [-0.2, -0.15) is 0 Å². The van der Waals surface area contributed by atoms with Crippen molar-refractivity contribution in [3.63, 3.8) is 0 Å². The van der Waals surface area contributed by atoms with Crippen molar-refractivity contribution >= 4 is 38.9 Å². The Hall–Kier alpha value is -6.71. The minimum absolute atomic E-state index is 0.618. The molecule has 0 unspecified atom stereocenters. The summed E-state index contributed by atoms with van der Waals surface area (Å²) in [5, 5.41) is 2.14. The van der Waals surface area contributed by atoms with Gasteiger partial charge in [-0.15, -0.1) is 0 Å². The van der Waals surface area contributed by atoms with Crippen LogP contribution in [0.4, 0.5) is 17.1 Å². The SMILES string of the molecule is c1ccc(-c2ccc(N(c3ccc4ccc5oc(-c6ccccc6)nc5c4c3)c3ccccc3-c3ccccc3)c(-c3ccccc3)c2)cc1. The van der Waals surface area contributed by atoms with Gasteiger partial charge in [-0.1, -0.05) is 146 Å². The van der Waals surface area contributed by atoms with E-state index in [0.717, 1.165) is 66.8 Å². The van der Waals surface area contributed by atoms with E-state index in [0.29, 0.717) is 5.89 Å². The molecule has 0 bridgehead atoms. The Balaban J connectivity index is 1.31. The second-order valence-electron chi connectivity index (χ2n) is 12.4. The van der Waals surface area contributed by atoms with Gasteiger partial charge >= 0.3 is 0 Å². The van der Waals surface area contributed by atoms with Crippen LogP contribution >= 0.6 is 0 Å². The Bertz CT molecular complexity index is 2580. The Labute approximate surface area is 291 Å². The van der Waals surface area contributed by atoms with Crippen molar-refractivity contribution in [3.05, 3.63) is 194 Å². The minimum atomic E-state index is 0.618. The lowest BCUT2D eigenvalue weighted by molar-refractivity contribution is 0.620. The maximum Gasteiger partial charge on any atom is 0.227 e. The van der Waals surface area contributed by atoms with Crippen LogP contribution in [0, 0.1) is 0 Å². The van der Waals surface area contributed by atoms with E-state index in [1.54, 1.807) is 0 Å². The van der Waals surface area contributed by atoms with Gasteiger partial charge in [0.2, 0.25) is 5.89 Å². The van der Waals surface area contributed by atoms with Crippen LogP contribution in [0.2, 0.25) is 0 Å². The summed E-state index contributed by atoms with van der Waals surface area (Å²) in [4.78, 5) is 7.45. The minimum Gasteiger partial charge on any atom is -0.436 e. The number of benzene rings is 8. The second kappa shape index (κ2) is 12.7. The van der Waals surface area contributed by atoms with Gasteiger partial charge in [-0.05, 0) is 76.2 Å². The molecule has 1 aromatic heterocycles. The summed E-state index contributed by atoms with van der Waals surface area (Å²) in [6.07, 6.45) is 0. The lowest BCUT2D eigenvalue weighted by Crippen LogP contribution is -2.12. The van der Waals surface area contributed by atoms with Crippen molar-refractivity contribution in [1.82, 2.24) is 4.98 Å². The molecule has 0 saturated carbocycles. The molecule has 3 nitrogen and oxygen atoms in total. The molecule has 0 aliphatic rings. The molecule has 9 rings (SSSR count). The molecule has 0 aliphatic carbocycles. The Morgan fingerprint density at radius 1 is 0.400 bits per heavy atom. The van der Waals surface area contributed by atoms with E-state index in [1.165, 1.54) is 11.1 Å². The van der Waals surface area contributed by atoms with E-state index in [-0.39, 0.29) is 0 Å². The summed E-state index contributed by atoms with van der Waals surface area (Å²) in [6.45, 7) is 0. The highest BCUT2D eigenvalue weighted by Gasteiger charge is 2.22. The van der Waals surface area contributed by atoms with Crippen LogP contribution in [0.1, 0.15) is 0 Å². The molecule has 0 fully saturated rings. The normalized spacial score (nSPS) is 11.2. The third kappa shape index (κ3) is 5.41. The molecule has 3 heteroatoms. The molecule has 0 spiro atoms. The largest absolute Gasteiger partial charge is 0.436 e. The van der Waals surface area contributed by atoms with Crippen molar-refractivity contribution in [3.8, 4) is 44.8 Å². The molecule has 0 aliphatic heterocycles. The molecule has 0 radical (unpaired) electrons. The van der Waals surface area contributed by atoms with Gasteiger partial charge < -0.3 is 9.32 Å². The fourth-order valence-corrected chi connectivity index (χ4v) is 6.87. The monoisotopic (exact) mass is 640 g/mol. The van der Waals surface area contributed by atoms with E-state index in [4.69, 9.17) is 9.40 Å². The van der Waals surface area contributed by atoms with Crippen molar-refractivity contribution in [2.24, 2.45) is 0 Å². The first-order valence-corrected chi connectivity index (χ1v) is 16.9. The van der Waals surface area contributed by atoms with E-state index in [2.05, 4.69) is 163 Å². The summed E-state index contributed by atoms with van der Waals surface area (Å²) in [7, 11) is 0. The Morgan fingerprint density at radius 3 is 1.66 bits per heavy atom. The number of rotatable bonds is 7. The van der Waals surface area contributed by atoms with Crippen molar-refractivity contribution in [2.45, 2.75) is 0 Å². The summed E-state index contributed by atoms with van der Waals surface area (Å²) in [6, 6.07) is 68.3. The average molecular weight is 641 g/mol. The first-order chi connectivity index (χ1) is 24.8. The predicted molar refractivity (Wildman–Crippen MR) is 208 cm³/mol. The van der Waals surface area contributed by atoms with Gasteiger partial charge in [0.15, 0.2) is 5.58 Å². The zero-order valence-corrected chi connectivity index (χ0v) is 27.3. The molecule has 0 amide bonds. The maximum atomic E-state index is 6.32. The Morgan fingerprint density at radius 2 is 0.960 bits per heavy atom. The molecule has 8 aromatic carbocycles. The molecule has 0 atom stereocenters. The van der Waals surface area contributed by atoms with E-state index in [9.17, 15) is 0 Å². The molecule has 0 saturated heterocycles. The third-order valence-electron chi connectivity index (χ3n) is 9.30. The summed E-state index contributed by atoms with van der Waals surface area (Å²) in [5.74, 6) is 0.618. The van der Waals surface area contributed by atoms with Crippen LogP contribution < -0.4 is 4.90 Å². The first kappa shape index (κ1) is 29.4. The average Bonchev–Trinajstić information content (AvgIpc) is 3.65. The number of hydrogen-bond donors (Lipinski definition) is 0. The van der Waals surface area contributed by atoms with E-state index >= 15 is 0 Å². The second-order valence-corrected chi connectivity index (χ2v) is 12.4. The van der Waals surface area contributed by atoms with Gasteiger partial charge in [-0.3, -0.25) is 0 Å². The molecule has 50 heavy (non-hydrogen) atoms. The summed E-state index contributed by atoms with van der Waals surface area (Å²) < 4.78 is 6.32. The quantitative estimate of drug-likeness (QED) is 0.174. The maximum absolute atomic E-state index is 6.32. The zero-order valence-electron chi connectivity index (χ0n) is 27.3. The highest BCUT2D eigenvalue weighted by Crippen LogP contribution is 2.46. The van der Waals surface area contributed by atoms with Crippen molar-refractivity contribution < 1.29 is 4.42 Å². The van der Waals surface area contributed by atoms with Crippen LogP contribution in [0.15, 0.2) is 199 Å². The zero-order chi connectivity index (χ0) is 33.3. The van der Waals surface area contributed by atoms with Crippen LogP contribution in [0.3, 0.4) is 0 Å². The smallest absolute Gasteiger partial charge is 0.227 e. The summed E-state index contributed by atoms with van der Waals surface area (Å²) in [5.41, 5.74) is 12.7. The number of anilines is 3. The van der Waals surface area contributed by atoms with Crippen LogP contribution in [-0.4, -0.2) is 4.98 Å². The number of aromatic nitrogens is 1. The molecule has 9 aromatic rings. The number of para-hydroxylation sites is 1. The fraction of sp³-hybridized carbons (Fsp3) is 0. The van der Waals surface area contributed by atoms with Gasteiger partial charge in [0, 0.05) is 27.8 Å². The van der Waals surface area contributed by atoms with Crippen LogP contribution in [0.5, 0.6) is 0 Å². The molecule has 236 valence electrons. The third-order valence-corrected chi connectivity index (χ3v) is 9.30. The molecule has 1 heterocycles. The fourth-order valence-electron chi connectivity index (χ4n) is 6.87. The van der Waals surface area contributed by atoms with E-state index in [1.807, 2.05) is 36.4 Å². The number of nitrogens with zero attached hydrogens (tertiary/aromatic N) is 2. The van der Waals surface area contributed by atoms with E-state index < -0.39 is 0 Å². The van der Waals surface area contributed by atoms with Gasteiger partial charge in [0.05, 0.1) is 11.4 Å². The highest BCUT2D eigenvalue weighted by atomic mass is 16.3. The van der Waals surface area contributed by atoms with Crippen molar-refractivity contribution in [1.29, 1.82) is 0 Å². The summed E-state index contributed by atoms with van der Waals surface area (Å²) >= 11 is 0. The Kier molecular flexibility index (Phi) is 7.49. The topological polar surface area (TPSA) is 29.3 Å².